The van der Waals surface area contributed by atoms with Gasteiger partial charge in [-0.25, -0.2) is 8.42 Å². The van der Waals surface area contributed by atoms with Crippen molar-refractivity contribution in [1.29, 1.82) is 0 Å². The third kappa shape index (κ3) is 5.18. The summed E-state index contributed by atoms with van der Waals surface area (Å²) in [5, 5.41) is 0. The van der Waals surface area contributed by atoms with E-state index in [9.17, 15) is 8.42 Å². The minimum absolute atomic E-state index is 0.00550. The summed E-state index contributed by atoms with van der Waals surface area (Å²) in [4.78, 5) is 0.380. The first-order valence-electron chi connectivity index (χ1n) is 10.3. The van der Waals surface area contributed by atoms with Gasteiger partial charge in [0.05, 0.1) is 4.90 Å². The first-order chi connectivity index (χ1) is 13.7. The molecule has 0 radical (unpaired) electrons. The summed E-state index contributed by atoms with van der Waals surface area (Å²) < 4.78 is 33.2. The van der Waals surface area contributed by atoms with Crippen LogP contribution in [0.15, 0.2) is 53.4 Å². The minimum atomic E-state index is -3.45. The van der Waals surface area contributed by atoms with Gasteiger partial charge in [0, 0.05) is 19.6 Å². The molecular weight excluding hydrogens is 384 g/mol. The highest BCUT2D eigenvalue weighted by molar-refractivity contribution is 7.89. The van der Waals surface area contributed by atoms with Crippen molar-refractivity contribution in [3.63, 3.8) is 0 Å². The third-order valence-corrected chi connectivity index (χ3v) is 7.46. The summed E-state index contributed by atoms with van der Waals surface area (Å²) in [7, 11) is -3.45. The molecule has 158 valence electrons. The van der Waals surface area contributed by atoms with Crippen LogP contribution in [0.3, 0.4) is 0 Å². The Morgan fingerprint density at radius 1 is 1.00 bits per heavy atom. The molecule has 2 aromatic carbocycles. The Bertz CT molecular complexity index is 893. The topological polar surface area (TPSA) is 72.6 Å². The second kappa shape index (κ2) is 8.86. The van der Waals surface area contributed by atoms with Gasteiger partial charge in [-0.1, -0.05) is 45.0 Å². The van der Waals surface area contributed by atoms with Gasteiger partial charge in [-0.3, -0.25) is 0 Å². The van der Waals surface area contributed by atoms with Gasteiger partial charge in [-0.2, -0.15) is 4.31 Å². The monoisotopic (exact) mass is 416 g/mol. The number of ether oxygens (including phenoxy) is 1. The second-order valence-electron chi connectivity index (χ2n) is 8.66. The number of piperidine rings is 1. The largest absolute Gasteiger partial charge is 0.492 e. The molecule has 1 aliphatic rings. The number of rotatable bonds is 6. The summed E-state index contributed by atoms with van der Waals surface area (Å²) in [5.41, 5.74) is 7.83. The molecule has 0 aliphatic carbocycles. The molecular formula is C23H32N2O3S. The smallest absolute Gasteiger partial charge is 0.243 e. The van der Waals surface area contributed by atoms with E-state index >= 15 is 0 Å². The number of nitrogens with two attached hydrogens (primary N) is 1. The highest BCUT2D eigenvalue weighted by atomic mass is 32.2. The molecule has 3 rings (SSSR count). The van der Waals surface area contributed by atoms with Gasteiger partial charge in [0.25, 0.3) is 0 Å². The Kier molecular flexibility index (Phi) is 6.66. The van der Waals surface area contributed by atoms with Crippen molar-refractivity contribution in [2.24, 2.45) is 5.73 Å². The highest BCUT2D eigenvalue weighted by Gasteiger charge is 2.30. The van der Waals surface area contributed by atoms with Crippen LogP contribution in [0, 0.1) is 0 Å². The number of nitrogens with zero attached hydrogens (tertiary/aromatic N) is 1. The molecule has 0 atom stereocenters. The van der Waals surface area contributed by atoms with E-state index in [4.69, 9.17) is 10.5 Å². The van der Waals surface area contributed by atoms with Crippen molar-refractivity contribution >= 4 is 10.0 Å². The van der Waals surface area contributed by atoms with Gasteiger partial charge in [0.2, 0.25) is 10.0 Å². The lowest BCUT2D eigenvalue weighted by Gasteiger charge is -2.31. The van der Waals surface area contributed by atoms with E-state index in [-0.39, 0.29) is 5.41 Å². The quantitative estimate of drug-likeness (QED) is 0.775. The molecule has 0 aromatic heterocycles. The molecule has 0 bridgehead atoms. The van der Waals surface area contributed by atoms with E-state index in [1.807, 2.05) is 24.3 Å². The standard InChI is InChI=1S/C23H32N2O3S/c1-23(2,3)20-6-10-22(11-7-20)29(26,27)25-15-12-19(13-16-25)18-4-8-21(9-5-18)28-17-14-24/h4-11,19H,12-17,24H2,1-3H3. The van der Waals surface area contributed by atoms with Crippen molar-refractivity contribution in [2.45, 2.75) is 49.8 Å². The Hall–Kier alpha value is -1.89. The van der Waals surface area contributed by atoms with E-state index in [1.165, 1.54) is 5.56 Å². The zero-order chi connectivity index (χ0) is 21.1. The molecule has 1 aliphatic heterocycles. The van der Waals surface area contributed by atoms with Crippen LogP contribution in [-0.2, 0) is 15.4 Å². The lowest BCUT2D eigenvalue weighted by atomic mass is 9.87. The van der Waals surface area contributed by atoms with Crippen LogP contribution in [0.2, 0.25) is 0 Å². The summed E-state index contributed by atoms with van der Waals surface area (Å²) in [5.74, 6) is 1.19. The van der Waals surface area contributed by atoms with Crippen molar-refractivity contribution in [1.82, 2.24) is 4.31 Å². The van der Waals surface area contributed by atoms with Gasteiger partial charge >= 0.3 is 0 Å². The van der Waals surface area contributed by atoms with Gasteiger partial charge in [-0.05, 0) is 59.6 Å². The van der Waals surface area contributed by atoms with Crippen LogP contribution in [0.1, 0.15) is 50.7 Å². The van der Waals surface area contributed by atoms with Gasteiger partial charge < -0.3 is 10.5 Å². The molecule has 0 unspecified atom stereocenters. The van der Waals surface area contributed by atoms with E-state index in [0.29, 0.717) is 37.1 Å². The van der Waals surface area contributed by atoms with Gasteiger partial charge in [-0.15, -0.1) is 0 Å². The summed E-state index contributed by atoms with van der Waals surface area (Å²) in [6, 6.07) is 15.4. The van der Waals surface area contributed by atoms with E-state index < -0.39 is 10.0 Å². The number of hydrogen-bond acceptors (Lipinski definition) is 4. The molecule has 2 aromatic rings. The van der Waals surface area contributed by atoms with Crippen molar-refractivity contribution in [3.05, 3.63) is 59.7 Å². The Morgan fingerprint density at radius 3 is 2.10 bits per heavy atom. The molecule has 0 saturated carbocycles. The molecule has 0 spiro atoms. The molecule has 0 amide bonds. The van der Waals surface area contributed by atoms with Crippen LogP contribution in [-0.4, -0.2) is 39.0 Å². The zero-order valence-electron chi connectivity index (χ0n) is 17.6. The molecule has 1 fully saturated rings. The van der Waals surface area contributed by atoms with Crippen LogP contribution in [0.25, 0.3) is 0 Å². The second-order valence-corrected chi connectivity index (χ2v) is 10.6. The lowest BCUT2D eigenvalue weighted by molar-refractivity contribution is 0.318. The SMILES string of the molecule is CC(C)(C)c1ccc(S(=O)(=O)N2CCC(c3ccc(OCCN)cc3)CC2)cc1. The van der Waals surface area contributed by atoms with Crippen LogP contribution >= 0.6 is 0 Å². The predicted octanol–water partition coefficient (Wildman–Crippen LogP) is 3.89. The maximum absolute atomic E-state index is 13.0. The molecule has 5 nitrogen and oxygen atoms in total. The lowest BCUT2D eigenvalue weighted by Crippen LogP contribution is -2.37. The van der Waals surface area contributed by atoms with Crippen LogP contribution in [0.4, 0.5) is 0 Å². The molecule has 29 heavy (non-hydrogen) atoms. The summed E-state index contributed by atoms with van der Waals surface area (Å²) >= 11 is 0. The Morgan fingerprint density at radius 2 is 1.59 bits per heavy atom. The number of benzene rings is 2. The number of sulfonamides is 1. The highest BCUT2D eigenvalue weighted by Crippen LogP contribution is 2.32. The Balaban J connectivity index is 1.63. The Labute approximate surface area is 174 Å². The van der Waals surface area contributed by atoms with Crippen LogP contribution in [0.5, 0.6) is 5.75 Å². The predicted molar refractivity (Wildman–Crippen MR) is 117 cm³/mol. The summed E-state index contributed by atoms with van der Waals surface area (Å²) in [6.45, 7) is 8.45. The average molecular weight is 417 g/mol. The van der Waals surface area contributed by atoms with Gasteiger partial charge in [0.15, 0.2) is 0 Å². The third-order valence-electron chi connectivity index (χ3n) is 5.55. The van der Waals surface area contributed by atoms with E-state index in [1.54, 1.807) is 16.4 Å². The normalized spacial score (nSPS) is 16.7. The molecule has 6 heteroatoms. The van der Waals surface area contributed by atoms with Crippen molar-refractivity contribution < 1.29 is 13.2 Å². The van der Waals surface area contributed by atoms with Gasteiger partial charge in [0.1, 0.15) is 12.4 Å². The fraction of sp³-hybridized carbons (Fsp3) is 0.478. The van der Waals surface area contributed by atoms with Crippen molar-refractivity contribution in [2.75, 3.05) is 26.2 Å². The maximum atomic E-state index is 13.0. The number of hydrogen-bond donors (Lipinski definition) is 1. The molecule has 1 saturated heterocycles. The molecule has 1 heterocycles. The van der Waals surface area contributed by atoms with Crippen LogP contribution < -0.4 is 10.5 Å². The molecule has 2 N–H and O–H groups in total. The van der Waals surface area contributed by atoms with E-state index in [0.717, 1.165) is 24.2 Å². The van der Waals surface area contributed by atoms with E-state index in [2.05, 4.69) is 32.9 Å². The fourth-order valence-electron chi connectivity index (χ4n) is 3.72. The first kappa shape index (κ1) is 21.8. The fourth-order valence-corrected chi connectivity index (χ4v) is 5.19. The minimum Gasteiger partial charge on any atom is -0.492 e. The maximum Gasteiger partial charge on any atom is 0.243 e. The average Bonchev–Trinajstić information content (AvgIpc) is 2.72. The van der Waals surface area contributed by atoms with Crippen molar-refractivity contribution in [3.8, 4) is 5.75 Å². The zero-order valence-corrected chi connectivity index (χ0v) is 18.4. The first-order valence-corrected chi connectivity index (χ1v) is 11.7. The summed E-state index contributed by atoms with van der Waals surface area (Å²) in [6.07, 6.45) is 1.64.